The van der Waals surface area contributed by atoms with Gasteiger partial charge in [-0.25, -0.2) is 12.8 Å². The van der Waals surface area contributed by atoms with Gasteiger partial charge in [-0.3, -0.25) is 4.79 Å². The molecule has 0 N–H and O–H groups in total. The van der Waals surface area contributed by atoms with Gasteiger partial charge in [0.15, 0.2) is 0 Å². The van der Waals surface area contributed by atoms with E-state index in [0.717, 1.165) is 16.0 Å². The molecule has 6 nitrogen and oxygen atoms in total. The van der Waals surface area contributed by atoms with E-state index in [4.69, 9.17) is 4.74 Å². The first-order chi connectivity index (χ1) is 16.1. The van der Waals surface area contributed by atoms with Crippen LogP contribution in [0.4, 0.5) is 4.39 Å². The lowest BCUT2D eigenvalue weighted by Crippen LogP contribution is -2.45. The number of sulfonamides is 1. The zero-order chi connectivity index (χ0) is 24.9. The standard InChI is InChI=1S/C25H29FN2O4S2/c1-18(2)28(34(30,31)23-11-9-22(32-4)10-12-23)17-25(29)27(16-24-19(3)13-14-33-24)15-20-5-7-21(26)8-6-20/h5-14,18H,15-17H2,1-4H3. The molecule has 182 valence electrons. The van der Waals surface area contributed by atoms with Crippen molar-refractivity contribution in [2.75, 3.05) is 13.7 Å². The van der Waals surface area contributed by atoms with Crippen molar-refractivity contribution in [2.45, 2.75) is 44.8 Å². The first kappa shape index (κ1) is 25.9. The summed E-state index contributed by atoms with van der Waals surface area (Å²) in [6.45, 7) is 5.72. The van der Waals surface area contributed by atoms with E-state index >= 15 is 0 Å². The molecule has 0 spiro atoms. The number of halogens is 1. The number of rotatable bonds is 10. The van der Waals surface area contributed by atoms with Crippen LogP contribution in [0.1, 0.15) is 29.9 Å². The van der Waals surface area contributed by atoms with Crippen LogP contribution in [0.3, 0.4) is 0 Å². The minimum Gasteiger partial charge on any atom is -0.497 e. The van der Waals surface area contributed by atoms with E-state index < -0.39 is 16.1 Å². The molecule has 34 heavy (non-hydrogen) atoms. The summed E-state index contributed by atoms with van der Waals surface area (Å²) >= 11 is 1.54. The zero-order valence-corrected chi connectivity index (χ0v) is 21.3. The molecule has 3 aromatic rings. The van der Waals surface area contributed by atoms with Gasteiger partial charge in [0, 0.05) is 17.5 Å². The first-order valence-electron chi connectivity index (χ1n) is 10.8. The molecule has 1 aromatic heterocycles. The second-order valence-electron chi connectivity index (χ2n) is 8.22. The molecule has 3 rings (SSSR count). The Morgan fingerprint density at radius 2 is 1.68 bits per heavy atom. The highest BCUT2D eigenvalue weighted by atomic mass is 32.2. The van der Waals surface area contributed by atoms with E-state index in [9.17, 15) is 17.6 Å². The van der Waals surface area contributed by atoms with Crippen molar-refractivity contribution < 1.29 is 22.3 Å². The third kappa shape index (κ3) is 6.22. The fraction of sp³-hybridized carbons (Fsp3) is 0.320. The second kappa shape index (κ2) is 11.1. The van der Waals surface area contributed by atoms with Gasteiger partial charge in [-0.15, -0.1) is 11.3 Å². The smallest absolute Gasteiger partial charge is 0.243 e. The van der Waals surface area contributed by atoms with Crippen molar-refractivity contribution in [3.63, 3.8) is 0 Å². The Morgan fingerprint density at radius 3 is 2.21 bits per heavy atom. The Balaban J connectivity index is 1.87. The second-order valence-corrected chi connectivity index (χ2v) is 11.1. The third-order valence-electron chi connectivity index (χ3n) is 5.48. The average Bonchev–Trinajstić information content (AvgIpc) is 3.22. The Morgan fingerprint density at radius 1 is 1.03 bits per heavy atom. The van der Waals surface area contributed by atoms with Gasteiger partial charge in [0.1, 0.15) is 11.6 Å². The van der Waals surface area contributed by atoms with Crippen molar-refractivity contribution in [1.29, 1.82) is 0 Å². The highest BCUT2D eigenvalue weighted by molar-refractivity contribution is 7.89. The number of methoxy groups -OCH3 is 1. The molecule has 0 aliphatic carbocycles. The first-order valence-corrected chi connectivity index (χ1v) is 13.1. The van der Waals surface area contributed by atoms with Crippen LogP contribution in [0.15, 0.2) is 64.9 Å². The Labute approximate surface area is 204 Å². The molecule has 0 fully saturated rings. The van der Waals surface area contributed by atoms with E-state index in [0.29, 0.717) is 12.3 Å². The van der Waals surface area contributed by atoms with Gasteiger partial charge in [0.25, 0.3) is 0 Å². The summed E-state index contributed by atoms with van der Waals surface area (Å²) in [7, 11) is -2.41. The minimum absolute atomic E-state index is 0.0917. The van der Waals surface area contributed by atoms with Crippen molar-refractivity contribution in [3.8, 4) is 5.75 Å². The maximum absolute atomic E-state index is 13.5. The van der Waals surface area contributed by atoms with E-state index in [-0.39, 0.29) is 29.7 Å². The van der Waals surface area contributed by atoms with E-state index in [1.54, 1.807) is 54.3 Å². The highest BCUT2D eigenvalue weighted by Crippen LogP contribution is 2.23. The van der Waals surface area contributed by atoms with Crippen molar-refractivity contribution in [1.82, 2.24) is 9.21 Å². The number of hydrogen-bond donors (Lipinski definition) is 0. The molecule has 0 saturated carbocycles. The van der Waals surface area contributed by atoms with Crippen LogP contribution in [0, 0.1) is 12.7 Å². The summed E-state index contributed by atoms with van der Waals surface area (Å²) < 4.78 is 46.5. The molecule has 0 aliphatic heterocycles. The maximum Gasteiger partial charge on any atom is 0.243 e. The predicted octanol–water partition coefficient (Wildman–Crippen LogP) is 4.83. The summed E-state index contributed by atoms with van der Waals surface area (Å²) in [6.07, 6.45) is 0. The topological polar surface area (TPSA) is 66.9 Å². The summed E-state index contributed by atoms with van der Waals surface area (Å²) in [4.78, 5) is 16.2. The van der Waals surface area contributed by atoms with Crippen LogP contribution in [-0.2, 0) is 27.9 Å². The molecule has 0 aliphatic rings. The van der Waals surface area contributed by atoms with Crippen LogP contribution in [0.5, 0.6) is 5.75 Å². The summed E-state index contributed by atoms with van der Waals surface area (Å²) in [5.74, 6) is -0.141. The lowest BCUT2D eigenvalue weighted by molar-refractivity contribution is -0.132. The molecular formula is C25H29FN2O4S2. The number of nitrogens with zero attached hydrogens (tertiary/aromatic N) is 2. The van der Waals surface area contributed by atoms with Gasteiger partial charge in [0.2, 0.25) is 15.9 Å². The Hall–Kier alpha value is -2.75. The van der Waals surface area contributed by atoms with Gasteiger partial charge in [-0.05, 0) is 79.7 Å². The van der Waals surface area contributed by atoms with Crippen molar-refractivity contribution in [2.24, 2.45) is 0 Å². The molecular weight excluding hydrogens is 475 g/mol. The number of carbonyl (C=O) groups excluding carboxylic acids is 1. The number of benzene rings is 2. The lowest BCUT2D eigenvalue weighted by Gasteiger charge is -2.29. The van der Waals surface area contributed by atoms with E-state index in [1.807, 2.05) is 18.4 Å². The van der Waals surface area contributed by atoms with Gasteiger partial charge >= 0.3 is 0 Å². The number of ether oxygens (including phenoxy) is 1. The van der Waals surface area contributed by atoms with Crippen molar-refractivity contribution in [3.05, 3.63) is 81.8 Å². The van der Waals surface area contributed by atoms with E-state index in [1.165, 1.54) is 35.7 Å². The molecule has 2 aromatic carbocycles. The quantitative estimate of drug-likeness (QED) is 0.397. The molecule has 1 heterocycles. The molecule has 0 atom stereocenters. The SMILES string of the molecule is COc1ccc(S(=O)(=O)N(CC(=O)N(Cc2ccc(F)cc2)Cc2sccc2C)C(C)C)cc1. The number of aryl methyl sites for hydroxylation is 1. The lowest BCUT2D eigenvalue weighted by atomic mass is 10.2. The number of amides is 1. The van der Waals surface area contributed by atoms with Crippen LogP contribution in [0.2, 0.25) is 0 Å². The number of hydrogen-bond acceptors (Lipinski definition) is 5. The largest absolute Gasteiger partial charge is 0.497 e. The maximum atomic E-state index is 13.5. The van der Waals surface area contributed by atoms with Gasteiger partial charge in [0.05, 0.1) is 25.1 Å². The van der Waals surface area contributed by atoms with Crippen LogP contribution >= 0.6 is 11.3 Å². The summed E-state index contributed by atoms with van der Waals surface area (Å²) in [5, 5.41) is 1.96. The summed E-state index contributed by atoms with van der Waals surface area (Å²) in [5.41, 5.74) is 1.83. The Bertz CT molecular complexity index is 1210. The number of thiophene rings is 1. The number of carbonyl (C=O) groups is 1. The van der Waals surface area contributed by atoms with Gasteiger partial charge in [-0.1, -0.05) is 12.1 Å². The van der Waals surface area contributed by atoms with Gasteiger partial charge < -0.3 is 9.64 Å². The molecule has 0 bridgehead atoms. The summed E-state index contributed by atoms with van der Waals surface area (Å²) in [6, 6.07) is 13.6. The fourth-order valence-corrected chi connectivity index (χ4v) is 5.95. The average molecular weight is 505 g/mol. The third-order valence-corrected chi connectivity index (χ3v) is 8.52. The van der Waals surface area contributed by atoms with Crippen LogP contribution in [0.25, 0.3) is 0 Å². The monoisotopic (exact) mass is 504 g/mol. The van der Waals surface area contributed by atoms with E-state index in [2.05, 4.69) is 0 Å². The van der Waals surface area contributed by atoms with Gasteiger partial charge in [-0.2, -0.15) is 4.31 Å². The Kier molecular flexibility index (Phi) is 8.46. The normalized spacial score (nSPS) is 11.7. The molecule has 1 amide bonds. The van der Waals surface area contributed by atoms with Crippen molar-refractivity contribution >= 4 is 27.3 Å². The van der Waals surface area contributed by atoms with Crippen LogP contribution < -0.4 is 4.74 Å². The van der Waals surface area contributed by atoms with Crippen LogP contribution in [-0.4, -0.2) is 43.2 Å². The fourth-order valence-electron chi connectivity index (χ4n) is 3.44. The molecule has 9 heteroatoms. The zero-order valence-electron chi connectivity index (χ0n) is 19.7. The highest BCUT2D eigenvalue weighted by Gasteiger charge is 2.31. The molecule has 0 saturated heterocycles. The molecule has 0 unspecified atom stereocenters. The predicted molar refractivity (Wildman–Crippen MR) is 132 cm³/mol. The minimum atomic E-state index is -3.92. The molecule has 0 radical (unpaired) electrons.